The van der Waals surface area contributed by atoms with Crippen molar-refractivity contribution in [2.45, 2.75) is 23.3 Å². The number of sulfone groups is 1. The molecular weight excluding hydrogens is 462 g/mol. The third-order valence-corrected chi connectivity index (χ3v) is 8.01. The second-order valence-electron chi connectivity index (χ2n) is 9.13. The fourth-order valence-corrected chi connectivity index (χ4v) is 5.87. The number of hydrogen-bond donors (Lipinski definition) is 3. The molecule has 1 fully saturated rings. The van der Waals surface area contributed by atoms with E-state index < -0.39 is 15.4 Å². The fourth-order valence-electron chi connectivity index (χ4n) is 4.97. The summed E-state index contributed by atoms with van der Waals surface area (Å²) in [5.74, 6) is 1.62. The average Bonchev–Trinajstić information content (AvgIpc) is 3.51. The summed E-state index contributed by atoms with van der Waals surface area (Å²) >= 11 is 0. The minimum absolute atomic E-state index is 0.292. The Hall–Kier alpha value is -3.76. The lowest BCUT2D eigenvalue weighted by Crippen LogP contribution is -2.49. The fraction of sp³-hybridized carbons (Fsp3) is 0.240. The van der Waals surface area contributed by atoms with Crippen LogP contribution in [0.1, 0.15) is 18.7 Å². The highest BCUT2D eigenvalue weighted by Gasteiger charge is 2.36. The van der Waals surface area contributed by atoms with Crippen LogP contribution in [-0.4, -0.2) is 52.7 Å². The zero-order valence-electron chi connectivity index (χ0n) is 19.2. The molecule has 2 aromatic carbocycles. The number of para-hydroxylation sites is 1. The molecule has 9 nitrogen and oxygen atoms in total. The van der Waals surface area contributed by atoms with Crippen LogP contribution in [0.15, 0.2) is 66.0 Å². The molecule has 6 rings (SSSR count). The molecule has 0 radical (unpaired) electrons. The maximum Gasteiger partial charge on any atom is 0.176 e. The summed E-state index contributed by atoms with van der Waals surface area (Å²) in [6.07, 6.45) is 6.06. The smallest absolute Gasteiger partial charge is 0.176 e. The Bertz CT molecular complexity index is 1660. The van der Waals surface area contributed by atoms with Crippen molar-refractivity contribution in [1.29, 1.82) is 0 Å². The van der Waals surface area contributed by atoms with Crippen molar-refractivity contribution >= 4 is 37.7 Å². The number of nitrogens with one attached hydrogen (secondary N) is 2. The van der Waals surface area contributed by atoms with Crippen LogP contribution in [0.25, 0.3) is 33.2 Å². The highest BCUT2D eigenvalue weighted by atomic mass is 32.2. The van der Waals surface area contributed by atoms with Crippen molar-refractivity contribution in [3.8, 4) is 11.1 Å². The monoisotopic (exact) mass is 487 g/mol. The predicted molar refractivity (Wildman–Crippen MR) is 136 cm³/mol. The van der Waals surface area contributed by atoms with Crippen LogP contribution < -0.4 is 10.6 Å². The van der Waals surface area contributed by atoms with E-state index in [1.54, 1.807) is 18.5 Å². The molecule has 0 bridgehead atoms. The van der Waals surface area contributed by atoms with E-state index in [-0.39, 0.29) is 0 Å². The van der Waals surface area contributed by atoms with Gasteiger partial charge in [0.15, 0.2) is 9.84 Å². The van der Waals surface area contributed by atoms with Crippen LogP contribution in [0.2, 0.25) is 0 Å². The summed E-state index contributed by atoms with van der Waals surface area (Å²) in [5.41, 5.74) is 10.1. The minimum atomic E-state index is -3.40. The Morgan fingerprint density at radius 2 is 1.77 bits per heavy atom. The first-order valence-electron chi connectivity index (χ1n) is 11.4. The molecule has 5 aromatic rings. The molecule has 1 aliphatic rings. The molecule has 1 saturated heterocycles. The van der Waals surface area contributed by atoms with Crippen molar-refractivity contribution in [2.75, 3.05) is 24.2 Å². The maximum absolute atomic E-state index is 12.4. The number of hydrogen-bond acceptors (Lipinski definition) is 7. The summed E-state index contributed by atoms with van der Waals surface area (Å²) in [6, 6.07) is 14.8. The molecule has 1 aliphatic heterocycles. The van der Waals surface area contributed by atoms with Gasteiger partial charge in [-0.2, -0.15) is 0 Å². The van der Waals surface area contributed by atoms with Crippen LogP contribution in [0.5, 0.6) is 0 Å². The second kappa shape index (κ2) is 7.89. The van der Waals surface area contributed by atoms with Gasteiger partial charge in [0.1, 0.15) is 23.6 Å². The number of benzene rings is 2. The minimum Gasteiger partial charge on any atom is -0.356 e. The lowest BCUT2D eigenvalue weighted by Gasteiger charge is -2.38. The summed E-state index contributed by atoms with van der Waals surface area (Å²) in [5, 5.41) is 0.995. The highest BCUT2D eigenvalue weighted by Crippen LogP contribution is 2.36. The van der Waals surface area contributed by atoms with E-state index in [4.69, 9.17) is 10.7 Å². The Balaban J connectivity index is 1.34. The van der Waals surface area contributed by atoms with Gasteiger partial charge in [-0.05, 0) is 31.0 Å². The van der Waals surface area contributed by atoms with E-state index in [0.717, 1.165) is 46.5 Å². The van der Waals surface area contributed by atoms with E-state index in [0.29, 0.717) is 29.1 Å². The van der Waals surface area contributed by atoms with Gasteiger partial charge >= 0.3 is 0 Å². The first-order chi connectivity index (χ1) is 16.8. The summed E-state index contributed by atoms with van der Waals surface area (Å²) in [4.78, 5) is 22.8. The lowest BCUT2D eigenvalue weighted by atomic mass is 9.88. The summed E-state index contributed by atoms with van der Waals surface area (Å²) < 4.78 is 24.8. The van der Waals surface area contributed by atoms with Gasteiger partial charge < -0.3 is 20.6 Å². The molecule has 4 heterocycles. The number of nitrogens with two attached hydrogens (primary N) is 1. The van der Waals surface area contributed by atoms with Crippen LogP contribution in [0.4, 0.5) is 5.82 Å². The van der Waals surface area contributed by atoms with Gasteiger partial charge in [-0.25, -0.2) is 23.4 Å². The van der Waals surface area contributed by atoms with Gasteiger partial charge in [0.2, 0.25) is 0 Å². The third-order valence-electron chi connectivity index (χ3n) is 6.85. The number of rotatable bonds is 4. The van der Waals surface area contributed by atoms with Crippen molar-refractivity contribution in [1.82, 2.24) is 24.9 Å². The Morgan fingerprint density at radius 1 is 1.00 bits per heavy atom. The van der Waals surface area contributed by atoms with E-state index in [1.807, 2.05) is 42.6 Å². The molecule has 0 atom stereocenters. The van der Waals surface area contributed by atoms with Crippen LogP contribution in [0.3, 0.4) is 0 Å². The number of anilines is 1. The Morgan fingerprint density at radius 3 is 2.57 bits per heavy atom. The number of H-pyrrole nitrogens is 2. The van der Waals surface area contributed by atoms with Crippen molar-refractivity contribution < 1.29 is 8.42 Å². The van der Waals surface area contributed by atoms with E-state index in [1.165, 1.54) is 6.26 Å². The SMILES string of the molecule is CS(=O)(=O)c1ccccc1-c1cccc2nc(C3(N)CCN(c4ncnc5[nH]ccc45)CC3)[nH]c12. The third kappa shape index (κ3) is 3.65. The maximum atomic E-state index is 12.4. The number of fused-ring (bicyclic) bond motifs is 2. The van der Waals surface area contributed by atoms with Crippen LogP contribution in [0, 0.1) is 0 Å². The van der Waals surface area contributed by atoms with Crippen LogP contribution >= 0.6 is 0 Å². The first-order valence-corrected chi connectivity index (χ1v) is 13.3. The van der Waals surface area contributed by atoms with Gasteiger partial charge in [-0.1, -0.05) is 30.3 Å². The van der Waals surface area contributed by atoms with Gasteiger partial charge in [-0.3, -0.25) is 0 Å². The average molecular weight is 488 g/mol. The zero-order valence-corrected chi connectivity index (χ0v) is 20.0. The Labute approximate surface area is 202 Å². The van der Waals surface area contributed by atoms with Gasteiger partial charge in [0.25, 0.3) is 0 Å². The Kier molecular flexibility index (Phi) is 4.90. The second-order valence-corrected chi connectivity index (χ2v) is 11.1. The molecule has 10 heteroatoms. The molecule has 0 saturated carbocycles. The molecule has 0 aliphatic carbocycles. The largest absolute Gasteiger partial charge is 0.356 e. The molecule has 4 N–H and O–H groups in total. The standard InChI is InChI=1S/C25H25N7O2S/c1-35(33,34)20-8-3-2-5-16(20)17-6-4-7-19-21(17)31-24(30-19)25(26)10-13-32(14-11-25)23-18-9-12-27-22(18)28-15-29-23/h2-9,12,15H,10-11,13-14,26H2,1H3,(H,30,31)(H,27,28,29). The lowest BCUT2D eigenvalue weighted by molar-refractivity contribution is 0.327. The summed E-state index contributed by atoms with van der Waals surface area (Å²) in [7, 11) is -3.40. The van der Waals surface area contributed by atoms with Crippen LogP contribution in [-0.2, 0) is 15.4 Å². The van der Waals surface area contributed by atoms with E-state index in [9.17, 15) is 8.42 Å². The number of aromatic nitrogens is 5. The predicted octanol–water partition coefficient (Wildman–Crippen LogP) is 3.36. The number of imidazole rings is 1. The summed E-state index contributed by atoms with van der Waals surface area (Å²) in [6.45, 7) is 1.46. The molecule has 0 amide bonds. The molecule has 0 spiro atoms. The topological polar surface area (TPSA) is 134 Å². The van der Waals surface area contributed by atoms with E-state index in [2.05, 4.69) is 24.8 Å². The quantitative estimate of drug-likeness (QED) is 0.354. The van der Waals surface area contributed by atoms with Gasteiger partial charge in [0.05, 0.1) is 26.9 Å². The van der Waals surface area contributed by atoms with Crippen molar-refractivity contribution in [3.05, 3.63) is 66.9 Å². The number of aromatic amines is 2. The van der Waals surface area contributed by atoms with Crippen molar-refractivity contribution in [3.63, 3.8) is 0 Å². The molecule has 178 valence electrons. The van der Waals surface area contributed by atoms with Gasteiger partial charge in [0, 0.05) is 36.7 Å². The molecule has 3 aromatic heterocycles. The normalized spacial score (nSPS) is 16.2. The molecule has 0 unspecified atom stereocenters. The zero-order chi connectivity index (χ0) is 24.2. The number of piperidine rings is 1. The van der Waals surface area contributed by atoms with Crippen molar-refractivity contribution in [2.24, 2.45) is 5.73 Å². The first kappa shape index (κ1) is 21.8. The molecular formula is C25H25N7O2S. The van der Waals surface area contributed by atoms with Gasteiger partial charge in [-0.15, -0.1) is 0 Å². The highest BCUT2D eigenvalue weighted by molar-refractivity contribution is 7.90. The van der Waals surface area contributed by atoms with E-state index >= 15 is 0 Å². The number of nitrogens with zero attached hydrogens (tertiary/aromatic N) is 4. The molecule has 35 heavy (non-hydrogen) atoms.